The van der Waals surface area contributed by atoms with Gasteiger partial charge in [0.2, 0.25) is 0 Å². The standard InChI is InChI=1S/C15H15FN2O3/c16-12-5-2-1-4-11(12)10-18-13(19)7-8-17(15(18)20)14-6-3-9-21-14/h1-2,4-5,7-8,14H,3,6,9-10H2/t14-/m0/s1. The summed E-state index contributed by atoms with van der Waals surface area (Å²) in [5.41, 5.74) is -0.614. The minimum atomic E-state index is -0.474. The van der Waals surface area contributed by atoms with Gasteiger partial charge in [-0.3, -0.25) is 13.9 Å². The lowest BCUT2D eigenvalue weighted by Crippen LogP contribution is -2.40. The Morgan fingerprint density at radius 3 is 2.76 bits per heavy atom. The van der Waals surface area contributed by atoms with E-state index in [1.165, 1.54) is 22.9 Å². The minimum absolute atomic E-state index is 0.0854. The molecule has 0 amide bonds. The van der Waals surface area contributed by atoms with E-state index in [0.29, 0.717) is 12.2 Å². The van der Waals surface area contributed by atoms with Gasteiger partial charge in [0.15, 0.2) is 0 Å². The smallest absolute Gasteiger partial charge is 0.333 e. The van der Waals surface area contributed by atoms with Gasteiger partial charge in [-0.25, -0.2) is 9.18 Å². The van der Waals surface area contributed by atoms with Crippen LogP contribution < -0.4 is 11.2 Å². The van der Waals surface area contributed by atoms with Crippen molar-refractivity contribution in [3.63, 3.8) is 0 Å². The second kappa shape index (κ2) is 5.65. The molecule has 1 fully saturated rings. The first-order valence-electron chi connectivity index (χ1n) is 6.84. The number of aromatic nitrogens is 2. The summed E-state index contributed by atoms with van der Waals surface area (Å²) in [7, 11) is 0. The Balaban J connectivity index is 2.02. The first-order valence-corrected chi connectivity index (χ1v) is 6.84. The van der Waals surface area contributed by atoms with Crippen molar-refractivity contribution in [3.8, 4) is 0 Å². The van der Waals surface area contributed by atoms with Crippen LogP contribution in [0.5, 0.6) is 0 Å². The van der Waals surface area contributed by atoms with E-state index >= 15 is 0 Å². The lowest BCUT2D eigenvalue weighted by Gasteiger charge is -2.15. The molecule has 1 aromatic carbocycles. The van der Waals surface area contributed by atoms with Crippen molar-refractivity contribution >= 4 is 0 Å². The Morgan fingerprint density at radius 1 is 1.24 bits per heavy atom. The molecule has 21 heavy (non-hydrogen) atoms. The normalized spacial score (nSPS) is 18.0. The third-order valence-electron chi connectivity index (χ3n) is 3.60. The first-order chi connectivity index (χ1) is 10.2. The Kier molecular flexibility index (Phi) is 3.70. The molecular formula is C15H15FN2O3. The van der Waals surface area contributed by atoms with Crippen LogP contribution in [0.1, 0.15) is 24.6 Å². The molecule has 1 aliphatic heterocycles. The summed E-state index contributed by atoms with van der Waals surface area (Å²) >= 11 is 0. The average Bonchev–Trinajstić information content (AvgIpc) is 2.99. The molecule has 2 heterocycles. The van der Waals surface area contributed by atoms with Crippen LogP contribution in [-0.4, -0.2) is 15.7 Å². The van der Waals surface area contributed by atoms with E-state index < -0.39 is 17.1 Å². The molecule has 0 saturated carbocycles. The summed E-state index contributed by atoms with van der Waals surface area (Å²) < 4.78 is 21.6. The molecule has 0 N–H and O–H groups in total. The number of hydrogen-bond donors (Lipinski definition) is 0. The van der Waals surface area contributed by atoms with Crippen molar-refractivity contribution in [1.82, 2.24) is 9.13 Å². The molecule has 1 aromatic heterocycles. The number of halogens is 1. The monoisotopic (exact) mass is 290 g/mol. The van der Waals surface area contributed by atoms with Crippen molar-refractivity contribution < 1.29 is 9.13 Å². The summed E-state index contributed by atoms with van der Waals surface area (Å²) in [6, 6.07) is 7.42. The summed E-state index contributed by atoms with van der Waals surface area (Å²) in [4.78, 5) is 24.3. The Bertz CT molecular complexity index is 760. The average molecular weight is 290 g/mol. The van der Waals surface area contributed by atoms with Crippen LogP contribution in [0.15, 0.2) is 46.1 Å². The van der Waals surface area contributed by atoms with E-state index in [1.807, 2.05) is 0 Å². The topological polar surface area (TPSA) is 53.2 Å². The van der Waals surface area contributed by atoms with Gasteiger partial charge in [0.1, 0.15) is 12.0 Å². The fraction of sp³-hybridized carbons (Fsp3) is 0.333. The predicted molar refractivity (Wildman–Crippen MR) is 74.7 cm³/mol. The highest BCUT2D eigenvalue weighted by Crippen LogP contribution is 2.20. The summed E-state index contributed by atoms with van der Waals surface area (Å²) in [5.74, 6) is -0.434. The number of rotatable bonds is 3. The zero-order chi connectivity index (χ0) is 14.8. The molecule has 1 aliphatic rings. The first kappa shape index (κ1) is 13.8. The molecule has 0 spiro atoms. The lowest BCUT2D eigenvalue weighted by molar-refractivity contribution is 0.0514. The zero-order valence-electron chi connectivity index (χ0n) is 11.4. The predicted octanol–water partition coefficient (Wildman–Crippen LogP) is 1.51. The number of ether oxygens (including phenoxy) is 1. The van der Waals surface area contributed by atoms with E-state index in [1.54, 1.807) is 18.2 Å². The number of benzene rings is 1. The number of hydrogen-bond acceptors (Lipinski definition) is 3. The zero-order valence-corrected chi connectivity index (χ0v) is 11.4. The van der Waals surface area contributed by atoms with Gasteiger partial charge in [-0.15, -0.1) is 0 Å². The van der Waals surface area contributed by atoms with Crippen LogP contribution in [0.25, 0.3) is 0 Å². The fourth-order valence-electron chi connectivity index (χ4n) is 2.47. The van der Waals surface area contributed by atoms with Crippen molar-refractivity contribution in [3.05, 3.63) is 68.7 Å². The highest BCUT2D eigenvalue weighted by atomic mass is 19.1. The fourth-order valence-corrected chi connectivity index (χ4v) is 2.47. The van der Waals surface area contributed by atoms with Gasteiger partial charge in [-0.2, -0.15) is 0 Å². The van der Waals surface area contributed by atoms with Crippen molar-refractivity contribution in [2.24, 2.45) is 0 Å². The van der Waals surface area contributed by atoms with Gasteiger partial charge in [0.05, 0.1) is 6.54 Å². The summed E-state index contributed by atoms with van der Waals surface area (Å²) in [6.45, 7) is 0.515. The minimum Gasteiger partial charge on any atom is -0.358 e. The van der Waals surface area contributed by atoms with Gasteiger partial charge in [-0.05, 0) is 18.9 Å². The third kappa shape index (κ3) is 2.67. The molecule has 1 saturated heterocycles. The van der Waals surface area contributed by atoms with Gasteiger partial charge in [0, 0.05) is 24.4 Å². The van der Waals surface area contributed by atoms with E-state index in [2.05, 4.69) is 0 Å². The molecule has 2 aromatic rings. The molecular weight excluding hydrogens is 275 g/mol. The maximum atomic E-state index is 13.7. The summed E-state index contributed by atoms with van der Waals surface area (Å²) in [6.07, 6.45) is 2.71. The molecule has 0 unspecified atom stereocenters. The van der Waals surface area contributed by atoms with Crippen LogP contribution in [0.3, 0.4) is 0 Å². The Morgan fingerprint density at radius 2 is 2.05 bits per heavy atom. The van der Waals surface area contributed by atoms with E-state index in [4.69, 9.17) is 4.74 Å². The SMILES string of the molecule is O=c1ccn([C@@H]2CCCO2)c(=O)n1Cc1ccccc1F. The van der Waals surface area contributed by atoms with Crippen LogP contribution in [0.4, 0.5) is 4.39 Å². The van der Waals surface area contributed by atoms with Crippen molar-refractivity contribution in [1.29, 1.82) is 0 Å². The Labute approximate surface area is 120 Å². The Hall–Kier alpha value is -2.21. The maximum Gasteiger partial charge on any atom is 0.333 e. The third-order valence-corrected chi connectivity index (χ3v) is 3.60. The molecule has 3 rings (SSSR count). The lowest BCUT2D eigenvalue weighted by atomic mass is 10.2. The van der Waals surface area contributed by atoms with Crippen molar-refractivity contribution in [2.75, 3.05) is 6.61 Å². The highest BCUT2D eigenvalue weighted by Gasteiger charge is 2.20. The molecule has 5 nitrogen and oxygen atoms in total. The number of nitrogens with zero attached hydrogens (tertiary/aromatic N) is 2. The van der Waals surface area contributed by atoms with E-state index in [0.717, 1.165) is 17.4 Å². The molecule has 110 valence electrons. The second-order valence-electron chi connectivity index (χ2n) is 4.99. The van der Waals surface area contributed by atoms with E-state index in [-0.39, 0.29) is 12.8 Å². The van der Waals surface area contributed by atoms with Crippen molar-refractivity contribution in [2.45, 2.75) is 25.6 Å². The van der Waals surface area contributed by atoms with Crippen LogP contribution in [0, 0.1) is 5.82 Å². The molecule has 0 bridgehead atoms. The quantitative estimate of drug-likeness (QED) is 0.861. The largest absolute Gasteiger partial charge is 0.358 e. The van der Waals surface area contributed by atoms with Crippen LogP contribution >= 0.6 is 0 Å². The molecule has 6 heteroatoms. The molecule has 0 aliphatic carbocycles. The van der Waals surface area contributed by atoms with E-state index in [9.17, 15) is 14.0 Å². The molecule has 0 radical (unpaired) electrons. The second-order valence-corrected chi connectivity index (χ2v) is 4.99. The van der Waals surface area contributed by atoms with Gasteiger partial charge >= 0.3 is 5.69 Å². The van der Waals surface area contributed by atoms with Crippen LogP contribution in [0.2, 0.25) is 0 Å². The summed E-state index contributed by atoms with van der Waals surface area (Å²) in [5, 5.41) is 0. The molecule has 1 atom stereocenters. The highest BCUT2D eigenvalue weighted by molar-refractivity contribution is 5.17. The van der Waals surface area contributed by atoms with Gasteiger partial charge < -0.3 is 4.74 Å². The van der Waals surface area contributed by atoms with Crippen LogP contribution in [-0.2, 0) is 11.3 Å². The van der Waals surface area contributed by atoms with Gasteiger partial charge in [-0.1, -0.05) is 18.2 Å². The van der Waals surface area contributed by atoms with Gasteiger partial charge in [0.25, 0.3) is 5.56 Å². The maximum absolute atomic E-state index is 13.7.